The molecular weight excluding hydrogens is 224 g/mol. The minimum atomic E-state index is 0.0647. The average Bonchev–Trinajstić information content (AvgIpc) is 2.27. The molecule has 0 atom stereocenters. The Morgan fingerprint density at radius 1 is 1.17 bits per heavy atom. The molecule has 1 aromatic rings. The first-order valence-electron chi connectivity index (χ1n) is 6.52. The normalized spacial score (nSPS) is 10.4. The Labute approximate surface area is 110 Å². The van der Waals surface area contributed by atoms with E-state index in [1.165, 1.54) is 22.3 Å². The standard InChI is InChI=1S/C15H24N2O/c1-11-8-12(2)14(13(3)9-11)6-5-7-17-15(18)10-16-4/h8-9,16H,5-7,10H2,1-4H3,(H,17,18). The number of rotatable bonds is 6. The van der Waals surface area contributed by atoms with E-state index in [-0.39, 0.29) is 5.91 Å². The number of hydrogen-bond donors (Lipinski definition) is 2. The third-order valence-electron chi connectivity index (χ3n) is 3.10. The fraction of sp³-hybridized carbons (Fsp3) is 0.533. The molecule has 1 aromatic carbocycles. The molecule has 0 heterocycles. The Hall–Kier alpha value is -1.35. The molecule has 0 aliphatic rings. The highest BCUT2D eigenvalue weighted by Crippen LogP contribution is 2.17. The monoisotopic (exact) mass is 248 g/mol. The van der Waals surface area contributed by atoms with Gasteiger partial charge in [0.05, 0.1) is 6.54 Å². The molecule has 0 aliphatic heterocycles. The molecule has 1 amide bonds. The van der Waals surface area contributed by atoms with Crippen molar-refractivity contribution in [1.82, 2.24) is 10.6 Å². The highest BCUT2D eigenvalue weighted by Gasteiger charge is 2.04. The first-order chi connectivity index (χ1) is 8.54. The largest absolute Gasteiger partial charge is 0.355 e. The quantitative estimate of drug-likeness (QED) is 0.755. The van der Waals surface area contributed by atoms with Gasteiger partial charge in [-0.3, -0.25) is 4.79 Å². The first-order valence-corrected chi connectivity index (χ1v) is 6.52. The number of amides is 1. The Morgan fingerprint density at radius 3 is 2.33 bits per heavy atom. The number of carbonyl (C=O) groups excluding carboxylic acids is 1. The van der Waals surface area contributed by atoms with Gasteiger partial charge in [-0.15, -0.1) is 0 Å². The molecule has 0 unspecified atom stereocenters. The fourth-order valence-electron chi connectivity index (χ4n) is 2.32. The smallest absolute Gasteiger partial charge is 0.233 e. The number of nitrogens with one attached hydrogen (secondary N) is 2. The second-order valence-corrected chi connectivity index (χ2v) is 4.86. The Bertz CT molecular complexity index is 390. The summed E-state index contributed by atoms with van der Waals surface area (Å²) in [5.41, 5.74) is 5.45. The molecule has 100 valence electrons. The maximum Gasteiger partial charge on any atom is 0.233 e. The molecule has 3 nitrogen and oxygen atoms in total. The second-order valence-electron chi connectivity index (χ2n) is 4.86. The van der Waals surface area contributed by atoms with Crippen molar-refractivity contribution in [2.75, 3.05) is 20.1 Å². The SMILES string of the molecule is CNCC(=O)NCCCc1c(C)cc(C)cc1C. The van der Waals surface area contributed by atoms with E-state index >= 15 is 0 Å². The van der Waals surface area contributed by atoms with Crippen LogP contribution in [-0.4, -0.2) is 26.0 Å². The lowest BCUT2D eigenvalue weighted by atomic mass is 9.96. The van der Waals surface area contributed by atoms with Crippen LogP contribution in [0.1, 0.15) is 28.7 Å². The van der Waals surface area contributed by atoms with Crippen LogP contribution in [0, 0.1) is 20.8 Å². The highest BCUT2D eigenvalue weighted by atomic mass is 16.1. The zero-order valence-electron chi connectivity index (χ0n) is 11.9. The summed E-state index contributed by atoms with van der Waals surface area (Å²) < 4.78 is 0. The van der Waals surface area contributed by atoms with Gasteiger partial charge in [0.2, 0.25) is 5.91 Å². The van der Waals surface area contributed by atoms with Crippen molar-refractivity contribution in [3.05, 3.63) is 34.4 Å². The van der Waals surface area contributed by atoms with E-state index in [4.69, 9.17) is 0 Å². The Kier molecular flexibility index (Phi) is 5.86. The molecule has 0 bridgehead atoms. The van der Waals surface area contributed by atoms with Gasteiger partial charge >= 0.3 is 0 Å². The van der Waals surface area contributed by atoms with Crippen LogP contribution in [0.2, 0.25) is 0 Å². The number of benzene rings is 1. The average molecular weight is 248 g/mol. The van der Waals surface area contributed by atoms with Crippen molar-refractivity contribution in [3.8, 4) is 0 Å². The van der Waals surface area contributed by atoms with Crippen molar-refractivity contribution in [2.45, 2.75) is 33.6 Å². The molecule has 0 fully saturated rings. The molecule has 0 radical (unpaired) electrons. The topological polar surface area (TPSA) is 41.1 Å². The van der Waals surface area contributed by atoms with Gasteiger partial charge in [0, 0.05) is 6.54 Å². The van der Waals surface area contributed by atoms with Crippen LogP contribution in [0.15, 0.2) is 12.1 Å². The lowest BCUT2D eigenvalue weighted by Crippen LogP contribution is -2.32. The van der Waals surface area contributed by atoms with Gasteiger partial charge < -0.3 is 10.6 Å². The van der Waals surface area contributed by atoms with Gasteiger partial charge in [-0.05, 0) is 57.4 Å². The summed E-state index contributed by atoms with van der Waals surface area (Å²) in [6.45, 7) is 7.58. The summed E-state index contributed by atoms with van der Waals surface area (Å²) in [6.07, 6.45) is 2.01. The van der Waals surface area contributed by atoms with Crippen LogP contribution in [0.4, 0.5) is 0 Å². The van der Waals surface area contributed by atoms with Crippen molar-refractivity contribution in [3.63, 3.8) is 0 Å². The number of carbonyl (C=O) groups is 1. The number of likely N-dealkylation sites (N-methyl/N-ethyl adjacent to an activating group) is 1. The molecule has 0 aliphatic carbocycles. The van der Waals surface area contributed by atoms with Gasteiger partial charge in [-0.1, -0.05) is 17.7 Å². The summed E-state index contributed by atoms with van der Waals surface area (Å²) >= 11 is 0. The van der Waals surface area contributed by atoms with Crippen LogP contribution in [0.25, 0.3) is 0 Å². The van der Waals surface area contributed by atoms with Gasteiger partial charge in [0.25, 0.3) is 0 Å². The van der Waals surface area contributed by atoms with Crippen LogP contribution in [0.5, 0.6) is 0 Å². The van der Waals surface area contributed by atoms with Crippen molar-refractivity contribution >= 4 is 5.91 Å². The maximum atomic E-state index is 11.3. The molecule has 0 spiro atoms. The van der Waals surface area contributed by atoms with Gasteiger partial charge in [0.1, 0.15) is 0 Å². The second kappa shape index (κ2) is 7.17. The van der Waals surface area contributed by atoms with Crippen LogP contribution >= 0.6 is 0 Å². The fourth-order valence-corrected chi connectivity index (χ4v) is 2.32. The molecule has 0 saturated heterocycles. The summed E-state index contributed by atoms with van der Waals surface area (Å²) in [5.74, 6) is 0.0647. The van der Waals surface area contributed by atoms with Gasteiger partial charge in [-0.25, -0.2) is 0 Å². The molecule has 1 rings (SSSR count). The van der Waals surface area contributed by atoms with E-state index in [1.54, 1.807) is 7.05 Å². The number of aryl methyl sites for hydroxylation is 3. The Morgan fingerprint density at radius 2 is 1.78 bits per heavy atom. The molecule has 2 N–H and O–H groups in total. The lowest BCUT2D eigenvalue weighted by Gasteiger charge is -2.11. The third kappa shape index (κ3) is 4.49. The zero-order chi connectivity index (χ0) is 13.5. The van der Waals surface area contributed by atoms with E-state index < -0.39 is 0 Å². The van der Waals surface area contributed by atoms with E-state index in [1.807, 2.05) is 0 Å². The summed E-state index contributed by atoms with van der Waals surface area (Å²) in [7, 11) is 1.78. The van der Waals surface area contributed by atoms with E-state index in [0.717, 1.165) is 19.4 Å². The zero-order valence-corrected chi connectivity index (χ0v) is 11.9. The summed E-state index contributed by atoms with van der Waals surface area (Å²) in [4.78, 5) is 11.3. The minimum Gasteiger partial charge on any atom is -0.355 e. The van der Waals surface area contributed by atoms with Crippen LogP contribution in [-0.2, 0) is 11.2 Å². The van der Waals surface area contributed by atoms with Gasteiger partial charge in [-0.2, -0.15) is 0 Å². The molecule has 3 heteroatoms. The number of hydrogen-bond acceptors (Lipinski definition) is 2. The third-order valence-corrected chi connectivity index (χ3v) is 3.10. The van der Waals surface area contributed by atoms with E-state index in [9.17, 15) is 4.79 Å². The summed E-state index contributed by atoms with van der Waals surface area (Å²) in [6, 6.07) is 4.45. The minimum absolute atomic E-state index is 0.0647. The van der Waals surface area contributed by atoms with E-state index in [0.29, 0.717) is 6.54 Å². The maximum absolute atomic E-state index is 11.3. The predicted molar refractivity (Wildman–Crippen MR) is 75.9 cm³/mol. The van der Waals surface area contributed by atoms with Crippen molar-refractivity contribution in [2.24, 2.45) is 0 Å². The molecule has 18 heavy (non-hydrogen) atoms. The van der Waals surface area contributed by atoms with Crippen LogP contribution < -0.4 is 10.6 Å². The first kappa shape index (κ1) is 14.7. The lowest BCUT2D eigenvalue weighted by molar-refractivity contribution is -0.120. The van der Waals surface area contributed by atoms with Crippen LogP contribution in [0.3, 0.4) is 0 Å². The van der Waals surface area contributed by atoms with Crippen molar-refractivity contribution < 1.29 is 4.79 Å². The van der Waals surface area contributed by atoms with Crippen molar-refractivity contribution in [1.29, 1.82) is 0 Å². The van der Waals surface area contributed by atoms with Gasteiger partial charge in [0.15, 0.2) is 0 Å². The molecular formula is C15H24N2O. The summed E-state index contributed by atoms with van der Waals surface area (Å²) in [5, 5.41) is 5.74. The molecule has 0 saturated carbocycles. The Balaban J connectivity index is 2.42. The highest BCUT2D eigenvalue weighted by molar-refractivity contribution is 5.77. The molecule has 0 aromatic heterocycles. The predicted octanol–water partition coefficient (Wildman–Crippen LogP) is 1.88. The van der Waals surface area contributed by atoms with E-state index in [2.05, 4.69) is 43.5 Å².